The van der Waals surface area contributed by atoms with Crippen LogP contribution in [0.25, 0.3) is 0 Å². The number of anilines is 1. The van der Waals surface area contributed by atoms with Crippen LogP contribution < -0.4 is 9.64 Å². The third-order valence-electron chi connectivity index (χ3n) is 4.04. The zero-order chi connectivity index (χ0) is 16.2. The fraction of sp³-hybridized carbons (Fsp3) is 0.263. The maximum absolute atomic E-state index is 12.8. The van der Waals surface area contributed by atoms with Gasteiger partial charge in [0.1, 0.15) is 11.8 Å². The Morgan fingerprint density at radius 1 is 1.22 bits per heavy atom. The standard InChI is InChI=1S/C19H18N2O2/c1-14(23-18-11-5-3-8-16(18)13-20)19(22)21-12-6-9-15-7-2-4-10-17(15)21/h2-5,7-8,10-11,14H,6,9,12H2,1H3. The van der Waals surface area contributed by atoms with Crippen LogP contribution >= 0.6 is 0 Å². The van der Waals surface area contributed by atoms with E-state index < -0.39 is 6.10 Å². The monoisotopic (exact) mass is 306 g/mol. The van der Waals surface area contributed by atoms with Gasteiger partial charge in [-0.05, 0) is 43.5 Å². The molecule has 1 aliphatic heterocycles. The minimum atomic E-state index is -0.643. The van der Waals surface area contributed by atoms with Crippen molar-refractivity contribution in [2.45, 2.75) is 25.9 Å². The Hall–Kier alpha value is -2.80. The summed E-state index contributed by atoms with van der Waals surface area (Å²) in [6.45, 7) is 2.43. The molecule has 0 saturated carbocycles. The molecule has 116 valence electrons. The highest BCUT2D eigenvalue weighted by Crippen LogP contribution is 2.28. The summed E-state index contributed by atoms with van der Waals surface area (Å²) >= 11 is 0. The summed E-state index contributed by atoms with van der Waals surface area (Å²) in [5, 5.41) is 9.12. The quantitative estimate of drug-likeness (QED) is 0.874. The number of hydrogen-bond acceptors (Lipinski definition) is 3. The van der Waals surface area contributed by atoms with Gasteiger partial charge in [0.15, 0.2) is 6.10 Å². The molecule has 23 heavy (non-hydrogen) atoms. The smallest absolute Gasteiger partial charge is 0.267 e. The van der Waals surface area contributed by atoms with Crippen LogP contribution in [0.15, 0.2) is 48.5 Å². The minimum absolute atomic E-state index is 0.0788. The summed E-state index contributed by atoms with van der Waals surface area (Å²) in [5.41, 5.74) is 2.59. The van der Waals surface area contributed by atoms with Crippen molar-refractivity contribution in [2.24, 2.45) is 0 Å². The molecule has 1 heterocycles. The third kappa shape index (κ3) is 3.04. The number of benzene rings is 2. The topological polar surface area (TPSA) is 53.3 Å². The number of rotatable bonds is 3. The van der Waals surface area contributed by atoms with Crippen LogP contribution in [0, 0.1) is 11.3 Å². The van der Waals surface area contributed by atoms with Crippen molar-refractivity contribution in [3.8, 4) is 11.8 Å². The molecule has 3 rings (SSSR count). The van der Waals surface area contributed by atoms with Crippen molar-refractivity contribution in [1.29, 1.82) is 5.26 Å². The summed E-state index contributed by atoms with van der Waals surface area (Å²) in [4.78, 5) is 14.6. The lowest BCUT2D eigenvalue weighted by atomic mass is 10.0. The maximum Gasteiger partial charge on any atom is 0.267 e. The van der Waals surface area contributed by atoms with E-state index in [-0.39, 0.29) is 5.91 Å². The number of nitriles is 1. The number of ether oxygens (including phenoxy) is 1. The third-order valence-corrected chi connectivity index (χ3v) is 4.04. The molecule has 1 atom stereocenters. The SMILES string of the molecule is CC(Oc1ccccc1C#N)C(=O)N1CCCc2ccccc21. The van der Waals surface area contributed by atoms with Gasteiger partial charge in [-0.2, -0.15) is 5.26 Å². The first-order valence-electron chi connectivity index (χ1n) is 7.76. The molecule has 1 amide bonds. The Labute approximate surface area is 135 Å². The van der Waals surface area contributed by atoms with Crippen LogP contribution in [-0.4, -0.2) is 18.6 Å². The van der Waals surface area contributed by atoms with Crippen molar-refractivity contribution >= 4 is 11.6 Å². The lowest BCUT2D eigenvalue weighted by Gasteiger charge is -2.31. The molecule has 0 spiro atoms. The van der Waals surface area contributed by atoms with Crippen LogP contribution in [-0.2, 0) is 11.2 Å². The Kier molecular flexibility index (Phi) is 4.29. The van der Waals surface area contributed by atoms with E-state index in [1.165, 1.54) is 5.56 Å². The van der Waals surface area contributed by atoms with Gasteiger partial charge in [-0.25, -0.2) is 0 Å². The summed E-state index contributed by atoms with van der Waals surface area (Å²) in [5.74, 6) is 0.367. The van der Waals surface area contributed by atoms with Gasteiger partial charge in [0, 0.05) is 12.2 Å². The average Bonchev–Trinajstić information content (AvgIpc) is 2.61. The highest BCUT2D eigenvalue weighted by atomic mass is 16.5. The predicted molar refractivity (Wildman–Crippen MR) is 88.4 cm³/mol. The molecule has 2 aromatic carbocycles. The van der Waals surface area contributed by atoms with Gasteiger partial charge in [0.25, 0.3) is 5.91 Å². The molecule has 0 aromatic heterocycles. The van der Waals surface area contributed by atoms with E-state index in [0.29, 0.717) is 17.9 Å². The lowest BCUT2D eigenvalue weighted by Crippen LogP contribution is -2.43. The van der Waals surface area contributed by atoms with Crippen LogP contribution in [0.1, 0.15) is 24.5 Å². The molecule has 4 nitrogen and oxygen atoms in total. The highest BCUT2D eigenvalue weighted by molar-refractivity contribution is 5.97. The van der Waals surface area contributed by atoms with Gasteiger partial charge in [0.2, 0.25) is 0 Å². The molecule has 1 aliphatic rings. The number of aryl methyl sites for hydroxylation is 1. The molecule has 0 radical (unpaired) electrons. The van der Waals surface area contributed by atoms with Crippen molar-refractivity contribution in [1.82, 2.24) is 0 Å². The van der Waals surface area contributed by atoms with E-state index in [4.69, 9.17) is 10.00 Å². The van der Waals surface area contributed by atoms with Gasteiger partial charge in [-0.3, -0.25) is 4.79 Å². The van der Waals surface area contributed by atoms with Crippen LogP contribution in [0.4, 0.5) is 5.69 Å². The van der Waals surface area contributed by atoms with Gasteiger partial charge >= 0.3 is 0 Å². The fourth-order valence-corrected chi connectivity index (χ4v) is 2.88. The van der Waals surface area contributed by atoms with Crippen molar-refractivity contribution in [3.05, 3.63) is 59.7 Å². The molecular formula is C19H18N2O2. The molecule has 4 heteroatoms. The Morgan fingerprint density at radius 3 is 2.78 bits per heavy atom. The van der Waals surface area contributed by atoms with E-state index in [1.807, 2.05) is 18.2 Å². The predicted octanol–water partition coefficient (Wildman–Crippen LogP) is 3.30. The second-order valence-electron chi connectivity index (χ2n) is 5.59. The number of amides is 1. The van der Waals surface area contributed by atoms with Crippen LogP contribution in [0.2, 0.25) is 0 Å². The first-order valence-corrected chi connectivity index (χ1v) is 7.76. The summed E-state index contributed by atoms with van der Waals surface area (Å²) < 4.78 is 5.75. The number of carbonyl (C=O) groups is 1. The first-order chi connectivity index (χ1) is 11.2. The molecule has 0 fully saturated rings. The van der Waals surface area contributed by atoms with E-state index in [9.17, 15) is 4.79 Å². The Bertz CT molecular complexity index is 764. The molecule has 2 aromatic rings. The number of carbonyl (C=O) groups excluding carboxylic acids is 1. The summed E-state index contributed by atoms with van der Waals surface area (Å²) in [6.07, 6.45) is 1.30. The van der Waals surface area contributed by atoms with Crippen LogP contribution in [0.3, 0.4) is 0 Å². The second-order valence-corrected chi connectivity index (χ2v) is 5.59. The largest absolute Gasteiger partial charge is 0.479 e. The van der Waals surface area contributed by atoms with Gasteiger partial charge in [-0.15, -0.1) is 0 Å². The number of para-hydroxylation sites is 2. The normalized spacial score (nSPS) is 14.5. The van der Waals surface area contributed by atoms with Crippen molar-refractivity contribution in [2.75, 3.05) is 11.4 Å². The number of nitrogens with zero attached hydrogens (tertiary/aromatic N) is 2. The molecule has 0 bridgehead atoms. The molecule has 1 unspecified atom stereocenters. The average molecular weight is 306 g/mol. The van der Waals surface area contributed by atoms with E-state index in [2.05, 4.69) is 12.1 Å². The molecule has 0 saturated heterocycles. The second kappa shape index (κ2) is 6.53. The van der Waals surface area contributed by atoms with Crippen molar-refractivity contribution < 1.29 is 9.53 Å². The molecular weight excluding hydrogens is 288 g/mol. The van der Waals surface area contributed by atoms with Crippen LogP contribution in [0.5, 0.6) is 5.75 Å². The van der Waals surface area contributed by atoms with Crippen molar-refractivity contribution in [3.63, 3.8) is 0 Å². The summed E-state index contributed by atoms with van der Waals surface area (Å²) in [6, 6.07) is 17.0. The Balaban J connectivity index is 1.80. The fourth-order valence-electron chi connectivity index (χ4n) is 2.88. The zero-order valence-corrected chi connectivity index (χ0v) is 13.0. The number of hydrogen-bond donors (Lipinski definition) is 0. The highest BCUT2D eigenvalue weighted by Gasteiger charge is 2.27. The lowest BCUT2D eigenvalue weighted by molar-refractivity contribution is -0.124. The zero-order valence-electron chi connectivity index (χ0n) is 13.0. The first kappa shape index (κ1) is 15.1. The van der Waals surface area contributed by atoms with E-state index in [1.54, 1.807) is 36.1 Å². The molecule has 0 aliphatic carbocycles. The van der Waals surface area contributed by atoms with Gasteiger partial charge in [0.05, 0.1) is 5.56 Å². The van der Waals surface area contributed by atoms with Gasteiger partial charge < -0.3 is 9.64 Å². The maximum atomic E-state index is 12.8. The van der Waals surface area contributed by atoms with E-state index >= 15 is 0 Å². The minimum Gasteiger partial charge on any atom is -0.479 e. The molecule has 0 N–H and O–H groups in total. The number of fused-ring (bicyclic) bond motifs is 1. The Morgan fingerprint density at radius 2 is 1.96 bits per heavy atom. The van der Waals surface area contributed by atoms with E-state index in [0.717, 1.165) is 18.5 Å². The summed E-state index contributed by atoms with van der Waals surface area (Å²) in [7, 11) is 0. The van der Waals surface area contributed by atoms with Gasteiger partial charge in [-0.1, -0.05) is 30.3 Å².